The van der Waals surface area contributed by atoms with Crippen LogP contribution >= 0.6 is 0 Å². The Hall–Kier alpha value is -3.88. The molecule has 0 atom stereocenters. The van der Waals surface area contributed by atoms with Crippen molar-refractivity contribution in [2.24, 2.45) is 7.05 Å². The van der Waals surface area contributed by atoms with E-state index in [4.69, 9.17) is 20.6 Å². The molecule has 0 unspecified atom stereocenters. The van der Waals surface area contributed by atoms with Gasteiger partial charge in [0.25, 0.3) is 0 Å². The fraction of sp³-hybridized carbons (Fsp3) is 0.273. The van der Waals surface area contributed by atoms with Crippen LogP contribution in [0.25, 0.3) is 11.4 Å². The number of aryl methyl sites for hydroxylation is 1. The molecule has 1 heterocycles. The number of nitrogen functional groups attached to an aromatic ring is 1. The molecule has 0 radical (unpaired) electrons. The highest BCUT2D eigenvalue weighted by molar-refractivity contribution is 5.93. The lowest BCUT2D eigenvalue weighted by Crippen LogP contribution is -2.06. The Kier molecular flexibility index (Phi) is 5.33. The summed E-state index contributed by atoms with van der Waals surface area (Å²) in [5.41, 5.74) is 10.4. The minimum Gasteiger partial charge on any atom is -0.496 e. The standard InChI is InChI=1S/C22H24N6O3/c1-28-22(25-17-9-8-16(24)15(11-23)19(17)12-4-5-12)26-20(27-28)13-6-7-14(21(29)31-3)18(10-13)30-2/h6-12,23H,4-5,24H2,1-3H3,(H,25,26,27). The molecule has 160 valence electrons. The summed E-state index contributed by atoms with van der Waals surface area (Å²) in [6.45, 7) is 0. The number of methoxy groups -OCH3 is 2. The number of benzene rings is 2. The fourth-order valence-electron chi connectivity index (χ4n) is 3.58. The number of esters is 1. The van der Waals surface area contributed by atoms with Gasteiger partial charge < -0.3 is 25.9 Å². The van der Waals surface area contributed by atoms with Gasteiger partial charge in [-0.1, -0.05) is 0 Å². The Morgan fingerprint density at radius 3 is 2.71 bits per heavy atom. The first-order chi connectivity index (χ1) is 15.0. The normalized spacial score (nSPS) is 13.0. The van der Waals surface area contributed by atoms with E-state index in [-0.39, 0.29) is 0 Å². The molecule has 9 nitrogen and oxygen atoms in total. The zero-order valence-corrected chi connectivity index (χ0v) is 17.6. The van der Waals surface area contributed by atoms with Crippen LogP contribution in [0.4, 0.5) is 17.3 Å². The van der Waals surface area contributed by atoms with Crippen molar-refractivity contribution in [3.8, 4) is 17.1 Å². The molecular weight excluding hydrogens is 396 g/mol. The van der Waals surface area contributed by atoms with Crippen LogP contribution in [0.2, 0.25) is 0 Å². The zero-order valence-electron chi connectivity index (χ0n) is 17.6. The molecule has 3 aromatic rings. The first kappa shape index (κ1) is 20.4. The summed E-state index contributed by atoms with van der Waals surface area (Å²) in [6.07, 6.45) is 3.47. The average Bonchev–Trinajstić information content (AvgIpc) is 3.56. The third kappa shape index (κ3) is 3.81. The molecule has 0 amide bonds. The SMILES string of the molecule is COC(=O)c1ccc(-c2nc(Nc3ccc(N)c(C=N)c3C3CC3)n(C)n2)cc1OC. The highest BCUT2D eigenvalue weighted by Crippen LogP contribution is 2.46. The number of nitrogens with two attached hydrogens (primary N) is 1. The highest BCUT2D eigenvalue weighted by Gasteiger charge is 2.29. The van der Waals surface area contributed by atoms with Crippen LogP contribution in [0, 0.1) is 5.41 Å². The van der Waals surface area contributed by atoms with Gasteiger partial charge in [0, 0.05) is 35.8 Å². The molecule has 1 aliphatic rings. The van der Waals surface area contributed by atoms with E-state index in [0.29, 0.717) is 40.3 Å². The number of carbonyl (C=O) groups is 1. The largest absolute Gasteiger partial charge is 0.496 e. The number of carbonyl (C=O) groups excluding carboxylic acids is 1. The molecule has 1 saturated carbocycles. The lowest BCUT2D eigenvalue weighted by molar-refractivity contribution is 0.0597. The summed E-state index contributed by atoms with van der Waals surface area (Å²) in [4.78, 5) is 16.5. The van der Waals surface area contributed by atoms with E-state index in [2.05, 4.69) is 15.4 Å². The van der Waals surface area contributed by atoms with Crippen molar-refractivity contribution in [2.75, 3.05) is 25.3 Å². The number of ether oxygens (including phenoxy) is 2. The molecule has 9 heteroatoms. The second-order valence-electron chi connectivity index (χ2n) is 7.36. The van der Waals surface area contributed by atoms with E-state index in [1.807, 2.05) is 6.07 Å². The number of nitrogens with one attached hydrogen (secondary N) is 2. The first-order valence-electron chi connectivity index (χ1n) is 9.84. The predicted molar refractivity (Wildman–Crippen MR) is 118 cm³/mol. The number of anilines is 3. The van der Waals surface area contributed by atoms with Gasteiger partial charge in [0.05, 0.1) is 14.2 Å². The van der Waals surface area contributed by atoms with Gasteiger partial charge in [-0.25, -0.2) is 9.48 Å². The van der Waals surface area contributed by atoms with Crippen LogP contribution in [-0.2, 0) is 11.8 Å². The van der Waals surface area contributed by atoms with Crippen molar-refractivity contribution in [3.63, 3.8) is 0 Å². The second-order valence-corrected chi connectivity index (χ2v) is 7.36. The lowest BCUT2D eigenvalue weighted by atomic mass is 10.00. The molecule has 31 heavy (non-hydrogen) atoms. The summed E-state index contributed by atoms with van der Waals surface area (Å²) >= 11 is 0. The maximum absolute atomic E-state index is 11.9. The topological polar surface area (TPSA) is 128 Å². The zero-order chi connectivity index (χ0) is 22.1. The summed E-state index contributed by atoms with van der Waals surface area (Å²) in [5, 5.41) is 15.6. The van der Waals surface area contributed by atoms with Crippen LogP contribution in [0.3, 0.4) is 0 Å². The molecule has 4 N–H and O–H groups in total. The molecule has 4 rings (SSSR count). The van der Waals surface area contributed by atoms with Crippen LogP contribution in [0.1, 0.15) is 40.2 Å². The van der Waals surface area contributed by atoms with E-state index in [0.717, 1.165) is 29.7 Å². The van der Waals surface area contributed by atoms with Crippen molar-refractivity contribution < 1.29 is 14.3 Å². The van der Waals surface area contributed by atoms with Gasteiger partial charge in [-0.15, -0.1) is 5.10 Å². The Bertz CT molecular complexity index is 1170. The van der Waals surface area contributed by atoms with Gasteiger partial charge in [0.2, 0.25) is 5.95 Å². The Morgan fingerprint density at radius 2 is 2.06 bits per heavy atom. The number of nitrogens with zero attached hydrogens (tertiary/aromatic N) is 3. The number of aromatic nitrogens is 3. The molecule has 1 aromatic heterocycles. The van der Waals surface area contributed by atoms with E-state index in [9.17, 15) is 4.79 Å². The summed E-state index contributed by atoms with van der Waals surface area (Å²) in [5.74, 6) is 1.34. The van der Waals surface area contributed by atoms with Gasteiger partial charge in [0.15, 0.2) is 5.82 Å². The van der Waals surface area contributed by atoms with Crippen molar-refractivity contribution in [1.82, 2.24) is 14.8 Å². The maximum atomic E-state index is 11.9. The summed E-state index contributed by atoms with van der Waals surface area (Å²) < 4.78 is 11.8. The predicted octanol–water partition coefficient (Wildman–Crippen LogP) is 3.48. The van der Waals surface area contributed by atoms with Crippen molar-refractivity contribution in [2.45, 2.75) is 18.8 Å². The molecule has 2 aromatic carbocycles. The highest BCUT2D eigenvalue weighted by atomic mass is 16.5. The average molecular weight is 420 g/mol. The summed E-state index contributed by atoms with van der Waals surface area (Å²) in [7, 11) is 4.61. The van der Waals surface area contributed by atoms with Crippen molar-refractivity contribution in [1.29, 1.82) is 5.41 Å². The van der Waals surface area contributed by atoms with E-state index in [1.54, 1.807) is 36.0 Å². The quantitative estimate of drug-likeness (QED) is 0.303. The van der Waals surface area contributed by atoms with E-state index >= 15 is 0 Å². The third-order valence-electron chi connectivity index (χ3n) is 5.33. The smallest absolute Gasteiger partial charge is 0.341 e. The molecule has 1 aliphatic carbocycles. The molecular formula is C22H24N6O3. The van der Waals surface area contributed by atoms with E-state index < -0.39 is 5.97 Å². The Balaban J connectivity index is 1.68. The van der Waals surface area contributed by atoms with Crippen LogP contribution < -0.4 is 15.8 Å². The Labute approximate surface area is 179 Å². The molecule has 0 aliphatic heterocycles. The minimum absolute atomic E-state index is 0.332. The molecule has 0 saturated heterocycles. The van der Waals surface area contributed by atoms with Crippen molar-refractivity contribution >= 4 is 29.5 Å². The second kappa shape index (κ2) is 8.10. The third-order valence-corrected chi connectivity index (χ3v) is 5.33. The first-order valence-corrected chi connectivity index (χ1v) is 9.84. The van der Waals surface area contributed by atoms with Gasteiger partial charge in [0.1, 0.15) is 11.3 Å². The number of hydrogen-bond donors (Lipinski definition) is 3. The van der Waals surface area contributed by atoms with Gasteiger partial charge in [-0.3, -0.25) is 0 Å². The van der Waals surface area contributed by atoms with Gasteiger partial charge in [-0.05, 0) is 54.7 Å². The van der Waals surface area contributed by atoms with Crippen LogP contribution in [0.5, 0.6) is 5.75 Å². The number of rotatable bonds is 7. The van der Waals surface area contributed by atoms with Gasteiger partial charge in [-0.2, -0.15) is 4.98 Å². The fourth-order valence-corrected chi connectivity index (χ4v) is 3.58. The summed E-state index contributed by atoms with van der Waals surface area (Å²) in [6, 6.07) is 8.79. The number of hydrogen-bond acceptors (Lipinski definition) is 8. The van der Waals surface area contributed by atoms with E-state index in [1.165, 1.54) is 20.4 Å². The lowest BCUT2D eigenvalue weighted by Gasteiger charge is -2.15. The van der Waals surface area contributed by atoms with Crippen LogP contribution in [-0.4, -0.2) is 41.2 Å². The maximum Gasteiger partial charge on any atom is 0.341 e. The molecule has 1 fully saturated rings. The Morgan fingerprint density at radius 1 is 1.29 bits per heavy atom. The minimum atomic E-state index is -0.474. The van der Waals surface area contributed by atoms with Gasteiger partial charge >= 0.3 is 5.97 Å². The monoisotopic (exact) mass is 420 g/mol. The van der Waals surface area contributed by atoms with Crippen molar-refractivity contribution in [3.05, 3.63) is 47.0 Å². The molecule has 0 bridgehead atoms. The van der Waals surface area contributed by atoms with Crippen LogP contribution in [0.15, 0.2) is 30.3 Å². The molecule has 0 spiro atoms.